The number of fused-ring (bicyclic) bond motifs is 4. The van der Waals surface area contributed by atoms with Gasteiger partial charge in [-0.15, -0.1) is 68.2 Å². The Hall–Kier alpha value is -3.09. The van der Waals surface area contributed by atoms with Crippen LogP contribution in [0.25, 0.3) is 32.3 Å². The Balaban J connectivity index is 0.000000128. The molecule has 0 unspecified atom stereocenters. The van der Waals surface area contributed by atoms with Crippen LogP contribution in [0.5, 0.6) is 0 Å². The Morgan fingerprint density at radius 3 is 1.60 bits per heavy atom. The molecule has 0 aliphatic heterocycles. The molecule has 0 aliphatic carbocycles. The van der Waals surface area contributed by atoms with Gasteiger partial charge in [-0.05, 0) is 20.8 Å². The molecule has 42 heavy (non-hydrogen) atoms. The molecule has 0 spiro atoms. The normalized spacial score (nSPS) is 10.6. The monoisotopic (exact) mass is 662 g/mol. The zero-order valence-corrected chi connectivity index (χ0v) is 28.4. The fraction of sp³-hybridized carbons (Fsp3) is 0.103. The predicted molar refractivity (Wildman–Crippen MR) is 183 cm³/mol. The van der Waals surface area contributed by atoms with Crippen LogP contribution in [0, 0.1) is 27.7 Å². The molecule has 0 bridgehead atoms. The molecule has 210 valence electrons. The van der Waals surface area contributed by atoms with Gasteiger partial charge in [0.25, 0.3) is 0 Å². The summed E-state index contributed by atoms with van der Waals surface area (Å²) >= 11 is -2.44. The Bertz CT molecular complexity index is 1870. The van der Waals surface area contributed by atoms with E-state index in [1.165, 1.54) is 54.6 Å². The van der Waals surface area contributed by atoms with Crippen molar-refractivity contribution >= 4 is 52.5 Å². The molecule has 3 heteroatoms. The molecule has 0 radical (unpaired) electrons. The Kier molecular flexibility index (Phi) is 10.1. The molecular weight excluding hydrogens is 631 g/mol. The molecule has 0 fully saturated rings. The van der Waals surface area contributed by atoms with Crippen LogP contribution in [0.1, 0.15) is 33.4 Å². The summed E-state index contributed by atoms with van der Waals surface area (Å²) in [6, 6.07) is 46.8. The van der Waals surface area contributed by atoms with E-state index < -0.39 is 18.9 Å². The molecule has 0 saturated heterocycles. The summed E-state index contributed by atoms with van der Waals surface area (Å²) in [5, 5.41) is 8.20. The predicted octanol–water partition coefficient (Wildman–Crippen LogP) is 11.7. The number of halogens is 2. The third-order valence-corrected chi connectivity index (χ3v) is 12.0. The summed E-state index contributed by atoms with van der Waals surface area (Å²) < 4.78 is 1.15. The second-order valence-corrected chi connectivity index (χ2v) is 18.9. The van der Waals surface area contributed by atoms with Crippen molar-refractivity contribution in [3.63, 3.8) is 0 Å². The Labute approximate surface area is 264 Å². The standard InChI is InChI=1S/C15H13.C13H10.C11H11.2ClH.Zr/c1-10-3-5-14-12(7-10)9-13-8-11(2)4-6-15(13)14;1-3-7-12(8-4-1)11-13-9-5-2-6-10-13;1-8-6-9(2)11-5-3-4-10(11)7-8;;;/h3-9H,1-2H3;1-10H;3-7H,1-2H3;2*1H;/q-1;;-1;;;+2/p-2. The summed E-state index contributed by atoms with van der Waals surface area (Å²) in [7, 11) is 12.5. The zero-order chi connectivity index (χ0) is 29.6. The van der Waals surface area contributed by atoms with Crippen LogP contribution in [0.3, 0.4) is 0 Å². The average Bonchev–Trinajstić information content (AvgIpc) is 3.58. The van der Waals surface area contributed by atoms with Gasteiger partial charge in [0.15, 0.2) is 0 Å². The van der Waals surface area contributed by atoms with Gasteiger partial charge in [-0.25, -0.2) is 0 Å². The molecular formula is C39H34Cl2Zr-2. The molecule has 0 saturated carbocycles. The molecule has 0 aromatic heterocycles. The van der Waals surface area contributed by atoms with Crippen LogP contribution in [0.2, 0.25) is 0 Å². The molecule has 0 atom stereocenters. The first-order chi connectivity index (χ1) is 20.3. The first-order valence-electron chi connectivity index (χ1n) is 14.2. The van der Waals surface area contributed by atoms with E-state index in [0.717, 1.165) is 14.3 Å². The van der Waals surface area contributed by atoms with Crippen molar-refractivity contribution in [3.8, 4) is 0 Å². The van der Waals surface area contributed by atoms with Gasteiger partial charge < -0.3 is 0 Å². The van der Waals surface area contributed by atoms with Crippen LogP contribution in [0.4, 0.5) is 0 Å². The van der Waals surface area contributed by atoms with Crippen LogP contribution < -0.4 is 0 Å². The van der Waals surface area contributed by atoms with Crippen molar-refractivity contribution < 1.29 is 18.9 Å². The second kappa shape index (κ2) is 13.9. The molecule has 0 aliphatic rings. The Morgan fingerprint density at radius 1 is 0.571 bits per heavy atom. The van der Waals surface area contributed by atoms with Gasteiger partial charge in [0.1, 0.15) is 0 Å². The van der Waals surface area contributed by atoms with Crippen LogP contribution >= 0.6 is 17.0 Å². The molecule has 0 amide bonds. The average molecular weight is 665 g/mol. The summed E-state index contributed by atoms with van der Waals surface area (Å²) in [5.41, 5.74) is 7.68. The molecule has 7 rings (SSSR count). The molecule has 0 heterocycles. The van der Waals surface area contributed by atoms with Crippen LogP contribution in [-0.4, -0.2) is 3.21 Å². The minimum absolute atomic E-state index is 1.15. The fourth-order valence-electron chi connectivity index (χ4n) is 5.48. The summed E-state index contributed by atoms with van der Waals surface area (Å²) in [4.78, 5) is 0. The zero-order valence-electron chi connectivity index (χ0n) is 24.5. The van der Waals surface area contributed by atoms with Crippen molar-refractivity contribution in [1.82, 2.24) is 0 Å². The van der Waals surface area contributed by atoms with E-state index in [1.807, 2.05) is 36.4 Å². The number of hydrogen-bond donors (Lipinski definition) is 0. The third-order valence-electron chi connectivity index (χ3n) is 7.43. The van der Waals surface area contributed by atoms with E-state index in [0.29, 0.717) is 0 Å². The van der Waals surface area contributed by atoms with Crippen molar-refractivity contribution in [1.29, 1.82) is 0 Å². The molecule has 0 nitrogen and oxygen atoms in total. The molecule has 7 aromatic carbocycles. The van der Waals surface area contributed by atoms with Gasteiger partial charge in [-0.3, -0.25) is 0 Å². The quantitative estimate of drug-likeness (QED) is 0.161. The number of aryl methyl sites for hydroxylation is 4. The minimum atomic E-state index is -2.44. The topological polar surface area (TPSA) is 0 Å². The van der Waals surface area contributed by atoms with Gasteiger partial charge in [0, 0.05) is 0 Å². The number of rotatable bonds is 2. The second-order valence-electron chi connectivity index (χ2n) is 10.8. The first kappa shape index (κ1) is 30.4. The Morgan fingerprint density at radius 2 is 1.10 bits per heavy atom. The van der Waals surface area contributed by atoms with E-state index in [4.69, 9.17) is 17.0 Å². The van der Waals surface area contributed by atoms with Gasteiger partial charge in [-0.2, -0.15) is 12.1 Å². The maximum absolute atomic E-state index is 6.24. The van der Waals surface area contributed by atoms with E-state index in [9.17, 15) is 0 Å². The van der Waals surface area contributed by atoms with Crippen LogP contribution in [-0.2, 0) is 18.9 Å². The third kappa shape index (κ3) is 7.27. The van der Waals surface area contributed by atoms with Crippen molar-refractivity contribution in [2.24, 2.45) is 0 Å². The molecule has 0 N–H and O–H groups in total. The van der Waals surface area contributed by atoms with Gasteiger partial charge in [0.05, 0.1) is 0 Å². The van der Waals surface area contributed by atoms with Gasteiger partial charge >= 0.3 is 111 Å². The van der Waals surface area contributed by atoms with Crippen molar-refractivity contribution in [3.05, 3.63) is 167 Å². The molecule has 7 aromatic rings. The summed E-state index contributed by atoms with van der Waals surface area (Å²) in [6.45, 7) is 8.58. The van der Waals surface area contributed by atoms with E-state index in [1.54, 1.807) is 0 Å². The summed E-state index contributed by atoms with van der Waals surface area (Å²) in [6.07, 6.45) is 0. The van der Waals surface area contributed by atoms with Crippen molar-refractivity contribution in [2.45, 2.75) is 27.7 Å². The van der Waals surface area contributed by atoms with E-state index in [-0.39, 0.29) is 0 Å². The SMILES string of the molecule is Cc1cc(C)c2[cH-]ccc2c1.Cc1ccc2c(c1)[cH-]c1cc(C)ccc12.[Cl][Zr]([Cl])=[C](c1ccccc1)c1ccccc1. The van der Waals surface area contributed by atoms with Crippen LogP contribution in [0.15, 0.2) is 133 Å². The number of hydrogen-bond acceptors (Lipinski definition) is 0. The van der Waals surface area contributed by atoms with E-state index in [2.05, 4.69) is 125 Å². The van der Waals surface area contributed by atoms with Crippen molar-refractivity contribution in [2.75, 3.05) is 0 Å². The van der Waals surface area contributed by atoms with Gasteiger partial charge in [0.2, 0.25) is 0 Å². The maximum atomic E-state index is 6.24. The van der Waals surface area contributed by atoms with E-state index >= 15 is 0 Å². The van der Waals surface area contributed by atoms with Gasteiger partial charge in [-0.1, -0.05) is 53.9 Å². The fourth-order valence-corrected chi connectivity index (χ4v) is 9.96. The first-order valence-corrected chi connectivity index (χ1v) is 21.7. The number of benzene rings is 5. The summed E-state index contributed by atoms with van der Waals surface area (Å²) in [5.74, 6) is 0.